The van der Waals surface area contributed by atoms with Crippen LogP contribution in [-0.4, -0.2) is 22.3 Å². The number of fused-ring (bicyclic) bond motifs is 2. The molecule has 4 nitrogen and oxygen atoms in total. The number of hydrogen-bond acceptors (Lipinski definition) is 3. The molecule has 0 saturated heterocycles. The third kappa shape index (κ3) is 1.31. The molecule has 0 radical (unpaired) electrons. The molecule has 1 aliphatic heterocycles. The van der Waals surface area contributed by atoms with Crippen LogP contribution in [0.5, 0.6) is 0 Å². The van der Waals surface area contributed by atoms with E-state index < -0.39 is 6.10 Å². The van der Waals surface area contributed by atoms with Gasteiger partial charge in [0.25, 0.3) is 5.56 Å². The second-order valence-corrected chi connectivity index (χ2v) is 4.07. The molecule has 0 bridgehead atoms. The normalized spacial score (nSPS) is 19.2. The van der Waals surface area contributed by atoms with Crippen LogP contribution in [0, 0.1) is 0 Å². The molecule has 2 N–H and O–H groups in total. The Kier molecular flexibility index (Phi) is 1.97. The van der Waals surface area contributed by atoms with Gasteiger partial charge < -0.3 is 10.4 Å². The van der Waals surface area contributed by atoms with Crippen molar-refractivity contribution in [3.05, 3.63) is 40.7 Å². The van der Waals surface area contributed by atoms with Crippen molar-refractivity contribution in [3.8, 4) is 0 Å². The average Bonchev–Trinajstić information content (AvgIpc) is 2.31. The van der Waals surface area contributed by atoms with Gasteiger partial charge in [0.2, 0.25) is 0 Å². The van der Waals surface area contributed by atoms with Crippen LogP contribution in [0.15, 0.2) is 35.1 Å². The number of aliphatic hydroxyl groups is 1. The summed E-state index contributed by atoms with van der Waals surface area (Å²) in [5, 5.41) is 14.2. The number of β-amino-alcohol motifs (C(OH)–C–C–N with tert-alkyl or cyclic N) is 1. The van der Waals surface area contributed by atoms with E-state index in [0.29, 0.717) is 18.5 Å². The molecule has 0 aliphatic carbocycles. The molecule has 1 aromatic carbocycles. The van der Waals surface area contributed by atoms with Gasteiger partial charge in [-0.15, -0.1) is 0 Å². The van der Waals surface area contributed by atoms with Crippen molar-refractivity contribution in [1.82, 2.24) is 4.57 Å². The Balaban J connectivity index is 2.34. The molecular weight excluding hydrogens is 204 g/mol. The zero-order valence-electron chi connectivity index (χ0n) is 8.68. The Hall–Kier alpha value is -1.81. The van der Waals surface area contributed by atoms with Crippen molar-refractivity contribution in [3.63, 3.8) is 0 Å². The van der Waals surface area contributed by atoms with Crippen molar-refractivity contribution in [2.24, 2.45) is 0 Å². The van der Waals surface area contributed by atoms with Crippen LogP contribution < -0.4 is 10.9 Å². The number of pyridine rings is 1. The van der Waals surface area contributed by atoms with Crippen molar-refractivity contribution in [2.45, 2.75) is 12.6 Å². The van der Waals surface area contributed by atoms with Gasteiger partial charge in [0.1, 0.15) is 5.82 Å². The maximum absolute atomic E-state index is 12.1. The van der Waals surface area contributed by atoms with Crippen molar-refractivity contribution >= 4 is 16.6 Å². The fourth-order valence-electron chi connectivity index (χ4n) is 2.12. The van der Waals surface area contributed by atoms with Crippen LogP contribution in [0.2, 0.25) is 0 Å². The van der Waals surface area contributed by atoms with E-state index >= 15 is 0 Å². The molecule has 82 valence electrons. The fourth-order valence-corrected chi connectivity index (χ4v) is 2.12. The number of anilines is 1. The van der Waals surface area contributed by atoms with Crippen LogP contribution in [0.25, 0.3) is 10.8 Å². The summed E-state index contributed by atoms with van der Waals surface area (Å²) in [4.78, 5) is 12.1. The summed E-state index contributed by atoms with van der Waals surface area (Å²) < 4.78 is 1.59. The van der Waals surface area contributed by atoms with E-state index in [4.69, 9.17) is 0 Å². The standard InChI is InChI=1S/C12H12N2O2/c15-9-6-13-11-5-8-3-1-2-4-10(8)12(16)14(11)7-9/h1-5,9,13,15H,6-7H2. The number of aliphatic hydroxyl groups excluding tert-OH is 1. The monoisotopic (exact) mass is 216 g/mol. The molecule has 2 heterocycles. The minimum Gasteiger partial charge on any atom is -0.389 e. The first kappa shape index (κ1) is 9.42. The maximum Gasteiger partial charge on any atom is 0.260 e. The van der Waals surface area contributed by atoms with Gasteiger partial charge in [-0.25, -0.2) is 0 Å². The minimum atomic E-state index is -0.494. The SMILES string of the molecule is O=c1c2ccccc2cc2n1CC(O)CN2. The minimum absolute atomic E-state index is 0.0423. The van der Waals surface area contributed by atoms with Gasteiger partial charge in [0, 0.05) is 11.9 Å². The highest BCUT2D eigenvalue weighted by atomic mass is 16.3. The van der Waals surface area contributed by atoms with Crippen LogP contribution in [0.4, 0.5) is 5.82 Å². The summed E-state index contributed by atoms with van der Waals surface area (Å²) in [6, 6.07) is 9.44. The lowest BCUT2D eigenvalue weighted by Gasteiger charge is -2.24. The number of rotatable bonds is 0. The molecular formula is C12H12N2O2. The van der Waals surface area contributed by atoms with Gasteiger partial charge in [-0.1, -0.05) is 18.2 Å². The molecule has 1 aliphatic rings. The number of nitrogens with one attached hydrogen (secondary N) is 1. The highest BCUT2D eigenvalue weighted by Crippen LogP contribution is 2.18. The molecule has 0 saturated carbocycles. The first-order valence-corrected chi connectivity index (χ1v) is 5.30. The van der Waals surface area contributed by atoms with Crippen LogP contribution in [0.3, 0.4) is 0 Å². The summed E-state index contributed by atoms with van der Waals surface area (Å²) in [5.74, 6) is 0.786. The molecule has 1 unspecified atom stereocenters. The zero-order valence-corrected chi connectivity index (χ0v) is 8.68. The molecule has 1 atom stereocenters. The van der Waals surface area contributed by atoms with E-state index in [1.54, 1.807) is 4.57 Å². The van der Waals surface area contributed by atoms with Crippen LogP contribution in [0.1, 0.15) is 0 Å². The van der Waals surface area contributed by atoms with E-state index in [9.17, 15) is 9.90 Å². The molecule has 16 heavy (non-hydrogen) atoms. The predicted octanol–water partition coefficient (Wildman–Crippen LogP) is 0.788. The van der Waals surface area contributed by atoms with Gasteiger partial charge in [-0.3, -0.25) is 9.36 Å². The van der Waals surface area contributed by atoms with Crippen LogP contribution in [-0.2, 0) is 6.54 Å². The molecule has 0 fully saturated rings. The predicted molar refractivity (Wildman–Crippen MR) is 62.7 cm³/mol. The lowest BCUT2D eigenvalue weighted by molar-refractivity contribution is 0.159. The highest BCUT2D eigenvalue weighted by Gasteiger charge is 2.17. The molecule has 4 heteroatoms. The van der Waals surface area contributed by atoms with Crippen molar-refractivity contribution in [1.29, 1.82) is 0 Å². The lowest BCUT2D eigenvalue weighted by atomic mass is 10.1. The first-order chi connectivity index (χ1) is 7.75. The molecule has 0 spiro atoms. The van der Waals surface area contributed by atoms with E-state index in [2.05, 4.69) is 5.32 Å². The molecule has 0 amide bonds. The lowest BCUT2D eigenvalue weighted by Crippen LogP contribution is -2.37. The largest absolute Gasteiger partial charge is 0.389 e. The van der Waals surface area contributed by atoms with E-state index in [-0.39, 0.29) is 5.56 Å². The third-order valence-electron chi connectivity index (χ3n) is 2.93. The van der Waals surface area contributed by atoms with Crippen molar-refractivity contribution < 1.29 is 5.11 Å². The summed E-state index contributed by atoms with van der Waals surface area (Å²) in [6.07, 6.45) is -0.494. The number of nitrogens with zero attached hydrogens (tertiary/aromatic N) is 1. The van der Waals surface area contributed by atoms with Gasteiger partial charge in [0.15, 0.2) is 0 Å². The topological polar surface area (TPSA) is 54.3 Å². The second kappa shape index (κ2) is 3.35. The Labute approximate surface area is 92.1 Å². The molecule has 1 aromatic heterocycles. The Bertz CT molecular complexity index is 603. The molecule has 3 rings (SSSR count). The van der Waals surface area contributed by atoms with Gasteiger partial charge in [0.05, 0.1) is 12.6 Å². The van der Waals surface area contributed by atoms with Crippen molar-refractivity contribution in [2.75, 3.05) is 11.9 Å². The summed E-state index contributed by atoms with van der Waals surface area (Å²) >= 11 is 0. The summed E-state index contributed by atoms with van der Waals surface area (Å²) in [6.45, 7) is 0.865. The maximum atomic E-state index is 12.1. The Morgan fingerprint density at radius 3 is 3.06 bits per heavy atom. The van der Waals surface area contributed by atoms with Gasteiger partial charge in [-0.2, -0.15) is 0 Å². The summed E-state index contributed by atoms with van der Waals surface area (Å²) in [7, 11) is 0. The van der Waals surface area contributed by atoms with E-state index in [0.717, 1.165) is 11.2 Å². The number of benzene rings is 1. The molecule has 2 aromatic rings. The van der Waals surface area contributed by atoms with Gasteiger partial charge in [-0.05, 0) is 17.5 Å². The van der Waals surface area contributed by atoms with E-state index in [1.807, 2.05) is 30.3 Å². The van der Waals surface area contributed by atoms with E-state index in [1.165, 1.54) is 0 Å². The smallest absolute Gasteiger partial charge is 0.260 e. The Morgan fingerprint density at radius 1 is 1.38 bits per heavy atom. The quantitative estimate of drug-likeness (QED) is 0.684. The summed E-state index contributed by atoms with van der Waals surface area (Å²) in [5.41, 5.74) is -0.0423. The van der Waals surface area contributed by atoms with Gasteiger partial charge >= 0.3 is 0 Å². The third-order valence-corrected chi connectivity index (χ3v) is 2.93. The second-order valence-electron chi connectivity index (χ2n) is 4.07. The fraction of sp³-hybridized carbons (Fsp3) is 0.250. The van der Waals surface area contributed by atoms with Crippen LogP contribution >= 0.6 is 0 Å². The average molecular weight is 216 g/mol. The Morgan fingerprint density at radius 2 is 2.19 bits per heavy atom. The zero-order chi connectivity index (χ0) is 11.1. The number of hydrogen-bond donors (Lipinski definition) is 2. The highest BCUT2D eigenvalue weighted by molar-refractivity contribution is 5.84. The first-order valence-electron chi connectivity index (χ1n) is 5.30. The number of aromatic nitrogens is 1.